The van der Waals surface area contributed by atoms with Gasteiger partial charge in [0.25, 0.3) is 0 Å². The first-order chi connectivity index (χ1) is 9.47. The SMILES string of the molecule is CC(C)(C)n1c(-c2ccnc(N)c2)nc2cnccc21. The van der Waals surface area contributed by atoms with Gasteiger partial charge in [0, 0.05) is 23.5 Å². The molecule has 102 valence electrons. The molecule has 0 aliphatic carbocycles. The molecule has 2 N–H and O–H groups in total. The second-order valence-electron chi connectivity index (χ2n) is 5.78. The fourth-order valence-electron chi connectivity index (χ4n) is 2.39. The molecule has 3 aromatic rings. The molecule has 0 unspecified atom stereocenters. The Bertz CT molecular complexity index is 767. The van der Waals surface area contributed by atoms with Crippen molar-refractivity contribution in [3.8, 4) is 11.4 Å². The lowest BCUT2D eigenvalue weighted by molar-refractivity contribution is 0.413. The van der Waals surface area contributed by atoms with Gasteiger partial charge < -0.3 is 10.3 Å². The molecule has 0 saturated heterocycles. The second kappa shape index (κ2) is 4.30. The Kier molecular flexibility index (Phi) is 2.71. The van der Waals surface area contributed by atoms with Crippen LogP contribution in [0.5, 0.6) is 0 Å². The number of fused-ring (bicyclic) bond motifs is 1. The maximum Gasteiger partial charge on any atom is 0.141 e. The van der Waals surface area contributed by atoms with Crippen LogP contribution in [-0.2, 0) is 5.54 Å². The minimum atomic E-state index is -0.0938. The summed E-state index contributed by atoms with van der Waals surface area (Å²) in [5.74, 6) is 1.38. The Morgan fingerprint density at radius 3 is 2.65 bits per heavy atom. The third-order valence-electron chi connectivity index (χ3n) is 3.17. The molecular weight excluding hydrogens is 250 g/mol. The highest BCUT2D eigenvalue weighted by atomic mass is 15.1. The van der Waals surface area contributed by atoms with E-state index in [0.717, 1.165) is 22.4 Å². The van der Waals surface area contributed by atoms with E-state index in [2.05, 4.69) is 35.3 Å². The number of rotatable bonds is 1. The van der Waals surface area contributed by atoms with Crippen molar-refractivity contribution in [2.75, 3.05) is 5.73 Å². The van der Waals surface area contributed by atoms with E-state index in [-0.39, 0.29) is 5.54 Å². The van der Waals surface area contributed by atoms with Crippen molar-refractivity contribution in [2.24, 2.45) is 0 Å². The molecule has 0 saturated carbocycles. The van der Waals surface area contributed by atoms with Crippen LogP contribution in [0.15, 0.2) is 36.8 Å². The lowest BCUT2D eigenvalue weighted by Gasteiger charge is -2.24. The molecule has 5 nitrogen and oxygen atoms in total. The molecule has 0 spiro atoms. The molecule has 5 heteroatoms. The van der Waals surface area contributed by atoms with Crippen LogP contribution >= 0.6 is 0 Å². The molecule has 3 aromatic heterocycles. The van der Waals surface area contributed by atoms with Gasteiger partial charge in [-0.1, -0.05) is 0 Å². The summed E-state index contributed by atoms with van der Waals surface area (Å²) in [5.41, 5.74) is 8.61. The van der Waals surface area contributed by atoms with Gasteiger partial charge in [0.05, 0.1) is 11.7 Å². The molecule has 0 radical (unpaired) electrons. The number of hydrogen-bond donors (Lipinski definition) is 1. The number of pyridine rings is 2. The lowest BCUT2D eigenvalue weighted by atomic mass is 10.1. The molecule has 3 heterocycles. The van der Waals surface area contributed by atoms with E-state index in [1.807, 2.05) is 18.2 Å². The van der Waals surface area contributed by atoms with E-state index in [9.17, 15) is 0 Å². The zero-order valence-corrected chi connectivity index (χ0v) is 11.8. The minimum absolute atomic E-state index is 0.0938. The number of aromatic nitrogens is 4. The molecule has 0 atom stereocenters. The van der Waals surface area contributed by atoms with E-state index in [1.165, 1.54) is 0 Å². The third-order valence-corrected chi connectivity index (χ3v) is 3.17. The fourth-order valence-corrected chi connectivity index (χ4v) is 2.39. The number of hydrogen-bond acceptors (Lipinski definition) is 4. The Hall–Kier alpha value is -2.43. The third kappa shape index (κ3) is 2.01. The first-order valence-corrected chi connectivity index (χ1v) is 6.51. The van der Waals surface area contributed by atoms with Crippen LogP contribution in [0.25, 0.3) is 22.4 Å². The molecule has 20 heavy (non-hydrogen) atoms. The summed E-state index contributed by atoms with van der Waals surface area (Å²) in [4.78, 5) is 12.9. The molecule has 0 bridgehead atoms. The van der Waals surface area contributed by atoms with E-state index < -0.39 is 0 Å². The number of nitrogen functional groups attached to an aromatic ring is 1. The zero-order chi connectivity index (χ0) is 14.3. The minimum Gasteiger partial charge on any atom is -0.384 e. The van der Waals surface area contributed by atoms with Gasteiger partial charge in [-0.25, -0.2) is 9.97 Å². The molecule has 0 aromatic carbocycles. The van der Waals surface area contributed by atoms with Gasteiger partial charge in [-0.2, -0.15) is 0 Å². The van der Waals surface area contributed by atoms with E-state index in [4.69, 9.17) is 10.7 Å². The van der Waals surface area contributed by atoms with Crippen molar-refractivity contribution in [1.82, 2.24) is 19.5 Å². The van der Waals surface area contributed by atoms with Gasteiger partial charge in [0.2, 0.25) is 0 Å². The Labute approximate surface area is 117 Å². The summed E-state index contributed by atoms with van der Waals surface area (Å²) in [6.45, 7) is 6.47. The van der Waals surface area contributed by atoms with Crippen molar-refractivity contribution >= 4 is 16.9 Å². The lowest BCUT2D eigenvalue weighted by Crippen LogP contribution is -2.22. The highest BCUT2D eigenvalue weighted by Crippen LogP contribution is 2.30. The molecule has 0 fully saturated rings. The maximum absolute atomic E-state index is 5.79. The second-order valence-corrected chi connectivity index (χ2v) is 5.78. The van der Waals surface area contributed by atoms with Crippen molar-refractivity contribution in [3.05, 3.63) is 36.8 Å². The monoisotopic (exact) mass is 267 g/mol. The van der Waals surface area contributed by atoms with Gasteiger partial charge in [0.1, 0.15) is 17.2 Å². The maximum atomic E-state index is 5.79. The standard InChI is InChI=1S/C15H17N5/c1-15(2,3)20-12-5-6-17-9-11(12)19-14(20)10-4-7-18-13(16)8-10/h4-9H,1-3H3,(H2,16,18). The highest BCUT2D eigenvalue weighted by molar-refractivity contribution is 5.80. The predicted molar refractivity (Wildman–Crippen MR) is 80.2 cm³/mol. The summed E-state index contributed by atoms with van der Waals surface area (Å²) in [6.07, 6.45) is 5.28. The number of nitrogens with two attached hydrogens (primary N) is 1. The van der Waals surface area contributed by atoms with Gasteiger partial charge in [-0.3, -0.25) is 4.98 Å². The topological polar surface area (TPSA) is 69.6 Å². The van der Waals surface area contributed by atoms with Gasteiger partial charge in [-0.15, -0.1) is 0 Å². The van der Waals surface area contributed by atoms with Crippen molar-refractivity contribution in [3.63, 3.8) is 0 Å². The number of anilines is 1. The Balaban J connectivity index is 2.35. The van der Waals surface area contributed by atoms with Crippen LogP contribution in [-0.4, -0.2) is 19.5 Å². The summed E-state index contributed by atoms with van der Waals surface area (Å²) in [7, 11) is 0. The van der Waals surface area contributed by atoms with Crippen LogP contribution in [0.4, 0.5) is 5.82 Å². The van der Waals surface area contributed by atoms with Gasteiger partial charge >= 0.3 is 0 Å². The summed E-state index contributed by atoms with van der Waals surface area (Å²) >= 11 is 0. The number of nitrogens with zero attached hydrogens (tertiary/aromatic N) is 4. The largest absolute Gasteiger partial charge is 0.384 e. The van der Waals surface area contributed by atoms with Crippen LogP contribution in [0.3, 0.4) is 0 Å². The molecule has 0 amide bonds. The molecule has 3 rings (SSSR count). The normalized spacial score (nSPS) is 11.9. The van der Waals surface area contributed by atoms with Gasteiger partial charge in [0.15, 0.2) is 0 Å². The van der Waals surface area contributed by atoms with E-state index in [0.29, 0.717) is 5.82 Å². The van der Waals surface area contributed by atoms with Crippen LogP contribution < -0.4 is 5.73 Å². The first kappa shape index (κ1) is 12.6. The average molecular weight is 267 g/mol. The van der Waals surface area contributed by atoms with Gasteiger partial charge in [-0.05, 0) is 39.0 Å². The Morgan fingerprint density at radius 2 is 1.95 bits per heavy atom. The first-order valence-electron chi connectivity index (χ1n) is 6.51. The van der Waals surface area contributed by atoms with Crippen molar-refractivity contribution in [2.45, 2.75) is 26.3 Å². The number of imidazole rings is 1. The molecule has 0 aliphatic heterocycles. The fraction of sp³-hybridized carbons (Fsp3) is 0.267. The van der Waals surface area contributed by atoms with E-state index in [1.54, 1.807) is 18.6 Å². The summed E-state index contributed by atoms with van der Waals surface area (Å²) in [5, 5.41) is 0. The quantitative estimate of drug-likeness (QED) is 0.736. The zero-order valence-electron chi connectivity index (χ0n) is 11.8. The van der Waals surface area contributed by atoms with Crippen molar-refractivity contribution in [1.29, 1.82) is 0 Å². The summed E-state index contributed by atoms with van der Waals surface area (Å²) in [6, 6.07) is 5.76. The van der Waals surface area contributed by atoms with Crippen molar-refractivity contribution < 1.29 is 0 Å². The van der Waals surface area contributed by atoms with E-state index >= 15 is 0 Å². The predicted octanol–water partition coefficient (Wildman–Crippen LogP) is 2.83. The van der Waals surface area contributed by atoms with Crippen LogP contribution in [0, 0.1) is 0 Å². The molecular formula is C15H17N5. The summed E-state index contributed by atoms with van der Waals surface area (Å²) < 4.78 is 2.21. The molecule has 0 aliphatic rings. The average Bonchev–Trinajstić information content (AvgIpc) is 2.77. The van der Waals surface area contributed by atoms with Crippen LogP contribution in [0.2, 0.25) is 0 Å². The Morgan fingerprint density at radius 1 is 1.15 bits per heavy atom. The smallest absolute Gasteiger partial charge is 0.141 e. The highest BCUT2D eigenvalue weighted by Gasteiger charge is 2.22. The van der Waals surface area contributed by atoms with Crippen LogP contribution in [0.1, 0.15) is 20.8 Å².